The minimum Gasteiger partial charge on any atom is -0.379 e. The lowest BCUT2D eigenvalue weighted by Gasteiger charge is -2.46. The van der Waals surface area contributed by atoms with E-state index in [4.69, 9.17) is 19.1 Å². The average Bonchev–Trinajstić information content (AvgIpc) is 3.55. The molecule has 4 aliphatic heterocycles. The van der Waals surface area contributed by atoms with Gasteiger partial charge in [0.05, 0.1) is 46.2 Å². The molecule has 5 heterocycles. The van der Waals surface area contributed by atoms with E-state index in [1.165, 1.54) is 18.5 Å². The van der Waals surface area contributed by atoms with Crippen LogP contribution in [-0.2, 0) is 25.6 Å². The molecule has 1 unspecified atom stereocenters. The first-order chi connectivity index (χ1) is 20.3. The molecule has 0 amide bonds. The predicted molar refractivity (Wildman–Crippen MR) is 160 cm³/mol. The number of morpholine rings is 2. The van der Waals surface area contributed by atoms with E-state index in [0.717, 1.165) is 131 Å². The number of aromatic amines is 1. The fourth-order valence-electron chi connectivity index (χ4n) is 6.89. The van der Waals surface area contributed by atoms with Gasteiger partial charge in [-0.2, -0.15) is 0 Å². The topological polar surface area (TPSA) is 89.7 Å². The van der Waals surface area contributed by atoms with Gasteiger partial charge in [0.1, 0.15) is 0 Å². The van der Waals surface area contributed by atoms with Gasteiger partial charge in [-0.15, -0.1) is 0 Å². The Bertz CT molecular complexity index is 786. The first-order valence-corrected chi connectivity index (χ1v) is 16.2. The summed E-state index contributed by atoms with van der Waals surface area (Å²) in [6.45, 7) is 18.6. The molecule has 11 nitrogen and oxygen atoms in total. The molecule has 4 fully saturated rings. The minimum atomic E-state index is 0.0270. The molecule has 4 aliphatic rings. The lowest BCUT2D eigenvalue weighted by Crippen LogP contribution is -2.50. The predicted octanol–water partition coefficient (Wildman–Crippen LogP) is 0.668. The number of piperidine rings is 1. The van der Waals surface area contributed by atoms with Gasteiger partial charge in [-0.05, 0) is 68.8 Å². The van der Waals surface area contributed by atoms with E-state index in [2.05, 4.69) is 48.6 Å². The number of hydrogen-bond acceptors (Lipinski definition) is 10. The zero-order chi connectivity index (χ0) is 28.0. The van der Waals surface area contributed by atoms with Crippen LogP contribution in [0.1, 0.15) is 25.0 Å². The summed E-state index contributed by atoms with van der Waals surface area (Å²) in [5, 5.41) is 8.96. The van der Waals surface area contributed by atoms with Crippen LogP contribution in [0.25, 0.3) is 0 Å². The van der Waals surface area contributed by atoms with Crippen molar-refractivity contribution >= 4 is 0 Å². The Morgan fingerprint density at radius 3 is 1.98 bits per heavy atom. The van der Waals surface area contributed by atoms with Gasteiger partial charge < -0.3 is 25.1 Å². The highest BCUT2D eigenvalue weighted by atomic mass is 16.9. The van der Waals surface area contributed by atoms with E-state index >= 15 is 0 Å². The van der Waals surface area contributed by atoms with Crippen molar-refractivity contribution in [2.45, 2.75) is 25.7 Å². The van der Waals surface area contributed by atoms with Crippen LogP contribution in [0.5, 0.6) is 0 Å². The summed E-state index contributed by atoms with van der Waals surface area (Å²) in [5.41, 5.74) is 1.33. The highest BCUT2D eigenvalue weighted by Crippen LogP contribution is 2.41. The second-order valence-electron chi connectivity index (χ2n) is 12.2. The quantitative estimate of drug-likeness (QED) is 0.244. The average molecular weight is 578 g/mol. The molecular weight excluding hydrogens is 522 g/mol. The van der Waals surface area contributed by atoms with Crippen LogP contribution in [0.4, 0.5) is 0 Å². The standard InChI is InChI=1S/C30H55N7O4/c1-2-29(33-6-1)26-30(28-3-7-31-8-4-28,5-11-34-14-20-38-21-15-34)27-37(40-24-18-35-12-9-32-10-13-35)41-25-19-36-16-22-39-23-17-36/h1-2,6,28,31-33H,3-5,7-27H2. The summed E-state index contributed by atoms with van der Waals surface area (Å²) < 4.78 is 11.2. The van der Waals surface area contributed by atoms with Crippen LogP contribution in [0.2, 0.25) is 0 Å². The largest absolute Gasteiger partial charge is 0.379 e. The Morgan fingerprint density at radius 1 is 0.780 bits per heavy atom. The summed E-state index contributed by atoms with van der Waals surface area (Å²) in [6, 6.07) is 4.38. The Labute approximate surface area is 247 Å². The number of hydrogen-bond donors (Lipinski definition) is 3. The van der Waals surface area contributed by atoms with E-state index in [0.29, 0.717) is 19.1 Å². The van der Waals surface area contributed by atoms with Crippen LogP contribution in [-0.4, -0.2) is 156 Å². The third kappa shape index (κ3) is 10.2. The first-order valence-electron chi connectivity index (χ1n) is 16.2. The molecular formula is C30H55N7O4. The van der Waals surface area contributed by atoms with Crippen molar-refractivity contribution in [3.63, 3.8) is 0 Å². The van der Waals surface area contributed by atoms with Gasteiger partial charge in [0.25, 0.3) is 0 Å². The summed E-state index contributed by atoms with van der Waals surface area (Å²) in [7, 11) is 0. The second kappa shape index (κ2) is 17.2. The molecule has 234 valence electrons. The maximum absolute atomic E-state index is 6.54. The lowest BCUT2D eigenvalue weighted by molar-refractivity contribution is -0.381. The number of hydroxylamine groups is 2. The lowest BCUT2D eigenvalue weighted by atomic mass is 9.66. The summed E-state index contributed by atoms with van der Waals surface area (Å²) >= 11 is 0. The number of H-pyrrole nitrogens is 1. The molecule has 0 aliphatic carbocycles. The maximum Gasteiger partial charge on any atom is 0.0838 e. The molecule has 5 rings (SSSR count). The number of nitrogens with zero attached hydrogens (tertiary/aromatic N) is 4. The molecule has 0 bridgehead atoms. The van der Waals surface area contributed by atoms with Gasteiger partial charge in [-0.1, -0.05) is 5.23 Å². The summed E-state index contributed by atoms with van der Waals surface area (Å²) in [5.74, 6) is 0.593. The number of rotatable bonds is 16. The normalized spacial score (nSPS) is 24.1. The molecule has 0 saturated carbocycles. The van der Waals surface area contributed by atoms with Crippen LogP contribution >= 0.6 is 0 Å². The highest BCUT2D eigenvalue weighted by Gasteiger charge is 2.42. The fourth-order valence-corrected chi connectivity index (χ4v) is 6.89. The zero-order valence-electron chi connectivity index (χ0n) is 25.2. The van der Waals surface area contributed by atoms with E-state index in [-0.39, 0.29) is 5.41 Å². The maximum atomic E-state index is 6.54. The number of piperazine rings is 1. The van der Waals surface area contributed by atoms with E-state index in [1.807, 2.05) is 5.23 Å². The van der Waals surface area contributed by atoms with Crippen LogP contribution < -0.4 is 10.6 Å². The molecule has 1 aromatic heterocycles. The van der Waals surface area contributed by atoms with Crippen LogP contribution in [0.3, 0.4) is 0 Å². The number of aromatic nitrogens is 1. The molecule has 1 aromatic rings. The van der Waals surface area contributed by atoms with Gasteiger partial charge in [-0.25, -0.2) is 0 Å². The summed E-state index contributed by atoms with van der Waals surface area (Å²) in [6.07, 6.45) is 6.55. The second-order valence-corrected chi connectivity index (χ2v) is 12.2. The Hall–Kier alpha value is -1.12. The van der Waals surface area contributed by atoms with E-state index < -0.39 is 0 Å². The van der Waals surface area contributed by atoms with Crippen molar-refractivity contribution in [1.82, 2.24) is 35.5 Å². The number of nitrogens with one attached hydrogen (secondary N) is 3. The molecule has 1 atom stereocenters. The SMILES string of the molecule is c1c[nH]c(CC(CCN2CCOCC2)(CN(OCCN2CCNCC2)OCCN2CCOCC2)C2CCNCC2)c1. The molecule has 41 heavy (non-hydrogen) atoms. The van der Waals surface area contributed by atoms with Crippen molar-refractivity contribution < 1.29 is 19.1 Å². The highest BCUT2D eigenvalue weighted by molar-refractivity contribution is 5.09. The molecule has 0 spiro atoms. The van der Waals surface area contributed by atoms with E-state index in [9.17, 15) is 0 Å². The molecule has 4 saturated heterocycles. The van der Waals surface area contributed by atoms with Gasteiger partial charge >= 0.3 is 0 Å². The number of ether oxygens (including phenoxy) is 2. The van der Waals surface area contributed by atoms with Crippen molar-refractivity contribution in [2.75, 3.05) is 131 Å². The van der Waals surface area contributed by atoms with Crippen molar-refractivity contribution in [1.29, 1.82) is 0 Å². The van der Waals surface area contributed by atoms with E-state index in [1.54, 1.807) is 0 Å². The molecule has 0 radical (unpaired) electrons. The smallest absolute Gasteiger partial charge is 0.0838 e. The van der Waals surface area contributed by atoms with Crippen molar-refractivity contribution in [3.8, 4) is 0 Å². The Morgan fingerprint density at radius 2 is 1.37 bits per heavy atom. The van der Waals surface area contributed by atoms with Crippen LogP contribution in [0, 0.1) is 11.3 Å². The summed E-state index contributed by atoms with van der Waals surface area (Å²) in [4.78, 5) is 24.1. The van der Waals surface area contributed by atoms with Crippen molar-refractivity contribution in [3.05, 3.63) is 24.0 Å². The Balaban J connectivity index is 1.30. The van der Waals surface area contributed by atoms with Crippen molar-refractivity contribution in [2.24, 2.45) is 11.3 Å². The van der Waals surface area contributed by atoms with Gasteiger partial charge in [-0.3, -0.25) is 24.4 Å². The third-order valence-electron chi connectivity index (χ3n) is 9.48. The minimum absolute atomic E-state index is 0.0270. The fraction of sp³-hybridized carbons (Fsp3) is 0.867. The monoisotopic (exact) mass is 577 g/mol. The van der Waals surface area contributed by atoms with Gasteiger partial charge in [0.2, 0.25) is 0 Å². The Kier molecular flexibility index (Phi) is 13.2. The molecule has 0 aromatic carbocycles. The zero-order valence-corrected chi connectivity index (χ0v) is 25.2. The first kappa shape index (κ1) is 31.3. The van der Waals surface area contributed by atoms with Gasteiger partial charge in [0, 0.05) is 77.3 Å². The third-order valence-corrected chi connectivity index (χ3v) is 9.48. The van der Waals surface area contributed by atoms with Gasteiger partial charge in [0.15, 0.2) is 0 Å². The van der Waals surface area contributed by atoms with Crippen LogP contribution in [0.15, 0.2) is 18.3 Å². The molecule has 11 heteroatoms. The molecule has 3 N–H and O–H groups in total.